The van der Waals surface area contributed by atoms with E-state index in [0.717, 1.165) is 17.7 Å². The van der Waals surface area contributed by atoms with E-state index in [2.05, 4.69) is 20.8 Å². The Morgan fingerprint density at radius 2 is 2.00 bits per heavy atom. The SMILES string of the molecule is O=C(O)CNc1cccc(CNc2cc(C(F)(F)F)cc3[nH]ncc23)c1. The zero-order valence-corrected chi connectivity index (χ0v) is 13.4. The van der Waals surface area contributed by atoms with Crippen LogP contribution in [-0.4, -0.2) is 27.8 Å². The smallest absolute Gasteiger partial charge is 0.416 e. The molecule has 1 heterocycles. The molecule has 4 N–H and O–H groups in total. The van der Waals surface area contributed by atoms with Crippen LogP contribution in [0.1, 0.15) is 11.1 Å². The molecule has 0 bridgehead atoms. The molecule has 0 aliphatic carbocycles. The van der Waals surface area contributed by atoms with Crippen molar-refractivity contribution >= 4 is 28.2 Å². The van der Waals surface area contributed by atoms with Crippen molar-refractivity contribution in [1.82, 2.24) is 10.2 Å². The van der Waals surface area contributed by atoms with E-state index in [0.29, 0.717) is 22.3 Å². The van der Waals surface area contributed by atoms with E-state index in [4.69, 9.17) is 5.11 Å². The number of aromatic amines is 1. The Balaban J connectivity index is 1.80. The molecule has 9 heteroatoms. The Kier molecular flexibility index (Phi) is 4.70. The van der Waals surface area contributed by atoms with Gasteiger partial charge in [-0.15, -0.1) is 0 Å². The summed E-state index contributed by atoms with van der Waals surface area (Å²) in [5.41, 5.74) is 1.24. The summed E-state index contributed by atoms with van der Waals surface area (Å²) in [6, 6.07) is 9.04. The monoisotopic (exact) mass is 364 g/mol. The Labute approximate surface area is 146 Å². The number of alkyl halides is 3. The number of aliphatic carboxylic acids is 1. The number of carbonyl (C=O) groups is 1. The van der Waals surface area contributed by atoms with Gasteiger partial charge in [-0.1, -0.05) is 12.1 Å². The van der Waals surface area contributed by atoms with Crippen molar-refractivity contribution in [3.8, 4) is 0 Å². The van der Waals surface area contributed by atoms with E-state index in [9.17, 15) is 18.0 Å². The molecule has 0 radical (unpaired) electrons. The average molecular weight is 364 g/mol. The molecule has 0 amide bonds. The van der Waals surface area contributed by atoms with Crippen molar-refractivity contribution in [2.45, 2.75) is 12.7 Å². The Morgan fingerprint density at radius 1 is 1.19 bits per heavy atom. The number of fused-ring (bicyclic) bond motifs is 1. The highest BCUT2D eigenvalue weighted by molar-refractivity contribution is 5.91. The normalized spacial score (nSPS) is 11.5. The third-order valence-electron chi connectivity index (χ3n) is 3.74. The lowest BCUT2D eigenvalue weighted by molar-refractivity contribution is -0.137. The van der Waals surface area contributed by atoms with E-state index >= 15 is 0 Å². The summed E-state index contributed by atoms with van der Waals surface area (Å²) in [4.78, 5) is 10.6. The van der Waals surface area contributed by atoms with Crippen molar-refractivity contribution in [2.75, 3.05) is 17.2 Å². The van der Waals surface area contributed by atoms with Crippen LogP contribution in [0.15, 0.2) is 42.6 Å². The summed E-state index contributed by atoms with van der Waals surface area (Å²) in [5.74, 6) is -0.986. The molecule has 0 fully saturated rings. The van der Waals surface area contributed by atoms with Crippen LogP contribution in [0.4, 0.5) is 24.5 Å². The summed E-state index contributed by atoms with van der Waals surface area (Å²) in [6.07, 6.45) is -3.00. The molecule has 0 unspecified atom stereocenters. The summed E-state index contributed by atoms with van der Waals surface area (Å²) in [7, 11) is 0. The quantitative estimate of drug-likeness (QED) is 0.536. The molecule has 6 nitrogen and oxygen atoms in total. The number of rotatable bonds is 6. The molecular formula is C17H15F3N4O2. The van der Waals surface area contributed by atoms with Gasteiger partial charge in [0.15, 0.2) is 0 Å². The lowest BCUT2D eigenvalue weighted by Gasteiger charge is -2.13. The van der Waals surface area contributed by atoms with E-state index in [1.54, 1.807) is 24.3 Å². The van der Waals surface area contributed by atoms with Gasteiger partial charge in [-0.05, 0) is 29.8 Å². The van der Waals surface area contributed by atoms with Crippen molar-refractivity contribution in [1.29, 1.82) is 0 Å². The molecule has 0 aliphatic rings. The molecule has 2 aromatic carbocycles. The van der Waals surface area contributed by atoms with Gasteiger partial charge in [0.2, 0.25) is 0 Å². The van der Waals surface area contributed by atoms with Crippen molar-refractivity contribution < 1.29 is 23.1 Å². The highest BCUT2D eigenvalue weighted by Gasteiger charge is 2.31. The number of carboxylic acid groups (broad SMARTS) is 1. The van der Waals surface area contributed by atoms with Gasteiger partial charge < -0.3 is 15.7 Å². The lowest BCUT2D eigenvalue weighted by atomic mass is 10.1. The molecule has 0 atom stereocenters. The number of carboxylic acids is 1. The van der Waals surface area contributed by atoms with Crippen molar-refractivity contribution in [3.05, 3.63) is 53.7 Å². The van der Waals surface area contributed by atoms with E-state index < -0.39 is 17.7 Å². The number of anilines is 2. The number of nitrogens with zero attached hydrogens (tertiary/aromatic N) is 1. The fraction of sp³-hybridized carbons (Fsp3) is 0.176. The van der Waals surface area contributed by atoms with Gasteiger partial charge in [-0.3, -0.25) is 9.89 Å². The molecular weight excluding hydrogens is 349 g/mol. The lowest BCUT2D eigenvalue weighted by Crippen LogP contribution is -2.12. The van der Waals surface area contributed by atoms with E-state index in [1.807, 2.05) is 0 Å². The van der Waals surface area contributed by atoms with Crippen molar-refractivity contribution in [3.63, 3.8) is 0 Å². The second-order valence-electron chi connectivity index (χ2n) is 5.65. The summed E-state index contributed by atoms with van der Waals surface area (Å²) < 4.78 is 39.1. The van der Waals surface area contributed by atoms with Crippen LogP contribution in [0.5, 0.6) is 0 Å². The maximum absolute atomic E-state index is 13.0. The van der Waals surface area contributed by atoms with E-state index in [-0.39, 0.29) is 13.1 Å². The number of aromatic nitrogens is 2. The predicted octanol–water partition coefficient (Wildman–Crippen LogP) is 3.69. The second-order valence-corrected chi connectivity index (χ2v) is 5.65. The number of benzene rings is 2. The molecule has 26 heavy (non-hydrogen) atoms. The molecule has 0 saturated carbocycles. The van der Waals surface area contributed by atoms with Crippen LogP contribution < -0.4 is 10.6 Å². The summed E-state index contributed by atoms with van der Waals surface area (Å²) in [5, 5.41) is 21.3. The second kappa shape index (κ2) is 6.95. The molecule has 0 spiro atoms. The molecule has 0 saturated heterocycles. The topological polar surface area (TPSA) is 90.0 Å². The fourth-order valence-corrected chi connectivity index (χ4v) is 2.53. The van der Waals surface area contributed by atoms with Gasteiger partial charge in [0.05, 0.1) is 17.3 Å². The highest BCUT2D eigenvalue weighted by atomic mass is 19.4. The standard InChI is InChI=1S/C17H15F3N4O2/c18-17(19,20)11-5-14(13-8-23-24-15(13)6-11)22-7-10-2-1-3-12(4-10)21-9-16(25)26/h1-6,8,21-22H,7,9H2,(H,23,24)(H,25,26). The Morgan fingerprint density at radius 3 is 2.73 bits per heavy atom. The Hall–Kier alpha value is -3.23. The molecule has 1 aromatic heterocycles. The fourth-order valence-electron chi connectivity index (χ4n) is 2.53. The van der Waals surface area contributed by atoms with Crippen LogP contribution in [-0.2, 0) is 17.5 Å². The van der Waals surface area contributed by atoms with Crippen LogP contribution in [0.2, 0.25) is 0 Å². The zero-order chi connectivity index (χ0) is 18.7. The third-order valence-corrected chi connectivity index (χ3v) is 3.74. The molecule has 136 valence electrons. The minimum absolute atomic E-state index is 0.222. The molecule has 0 aliphatic heterocycles. The van der Waals surface area contributed by atoms with Gasteiger partial charge in [-0.2, -0.15) is 18.3 Å². The highest BCUT2D eigenvalue weighted by Crippen LogP contribution is 2.34. The minimum Gasteiger partial charge on any atom is -0.480 e. The predicted molar refractivity (Wildman–Crippen MR) is 91.0 cm³/mol. The average Bonchev–Trinajstić information content (AvgIpc) is 3.06. The molecule has 3 rings (SSSR count). The Bertz CT molecular complexity index is 937. The van der Waals surface area contributed by atoms with Gasteiger partial charge in [0.25, 0.3) is 0 Å². The molecule has 3 aromatic rings. The van der Waals surface area contributed by atoms with E-state index in [1.165, 1.54) is 6.20 Å². The maximum Gasteiger partial charge on any atom is 0.416 e. The number of hydrogen-bond donors (Lipinski definition) is 4. The largest absolute Gasteiger partial charge is 0.480 e. The van der Waals surface area contributed by atoms with Crippen LogP contribution in [0.3, 0.4) is 0 Å². The number of H-pyrrole nitrogens is 1. The van der Waals surface area contributed by atoms with Gasteiger partial charge in [-0.25, -0.2) is 0 Å². The first-order chi connectivity index (χ1) is 12.3. The summed E-state index contributed by atoms with van der Waals surface area (Å²) >= 11 is 0. The zero-order valence-electron chi connectivity index (χ0n) is 13.4. The van der Waals surface area contributed by atoms with Gasteiger partial charge >= 0.3 is 12.1 Å². The first-order valence-electron chi connectivity index (χ1n) is 7.66. The van der Waals surface area contributed by atoms with Crippen LogP contribution >= 0.6 is 0 Å². The van der Waals surface area contributed by atoms with Crippen LogP contribution in [0, 0.1) is 0 Å². The summed E-state index contributed by atoms with van der Waals surface area (Å²) in [6.45, 7) is 0.0460. The maximum atomic E-state index is 13.0. The van der Waals surface area contributed by atoms with Gasteiger partial charge in [0, 0.05) is 23.3 Å². The number of halogens is 3. The van der Waals surface area contributed by atoms with Crippen LogP contribution in [0.25, 0.3) is 10.9 Å². The van der Waals surface area contributed by atoms with Gasteiger partial charge in [0.1, 0.15) is 6.54 Å². The number of hydrogen-bond acceptors (Lipinski definition) is 4. The minimum atomic E-state index is -4.46. The first kappa shape index (κ1) is 17.6. The van der Waals surface area contributed by atoms with Crippen molar-refractivity contribution in [2.24, 2.45) is 0 Å². The number of nitrogens with one attached hydrogen (secondary N) is 3. The third kappa shape index (κ3) is 4.05. The first-order valence-corrected chi connectivity index (χ1v) is 7.66.